The molecule has 1 heterocycles. The third kappa shape index (κ3) is 3.56. The number of methoxy groups -OCH3 is 1. The Bertz CT molecular complexity index is 574. The van der Waals surface area contributed by atoms with E-state index >= 15 is 0 Å². The Labute approximate surface area is 131 Å². The highest BCUT2D eigenvalue weighted by Gasteiger charge is 2.18. The smallest absolute Gasteiger partial charge is 0.119 e. The first-order chi connectivity index (χ1) is 9.65. The van der Waals surface area contributed by atoms with E-state index in [1.807, 2.05) is 18.2 Å². The first kappa shape index (κ1) is 15.4. The van der Waals surface area contributed by atoms with E-state index < -0.39 is 6.10 Å². The predicted molar refractivity (Wildman–Crippen MR) is 83.3 cm³/mol. The van der Waals surface area contributed by atoms with Gasteiger partial charge in [-0.2, -0.15) is 0 Å². The monoisotopic (exact) mass is 356 g/mol. The highest BCUT2D eigenvalue weighted by molar-refractivity contribution is 9.10. The van der Waals surface area contributed by atoms with E-state index in [0.717, 1.165) is 39.2 Å². The quantitative estimate of drug-likeness (QED) is 0.859. The zero-order valence-electron chi connectivity index (χ0n) is 11.5. The van der Waals surface area contributed by atoms with Gasteiger partial charge in [0.05, 0.1) is 23.8 Å². The van der Waals surface area contributed by atoms with E-state index in [2.05, 4.69) is 32.4 Å². The summed E-state index contributed by atoms with van der Waals surface area (Å²) in [6, 6.07) is 5.75. The summed E-state index contributed by atoms with van der Waals surface area (Å²) < 4.78 is 10.1. The van der Waals surface area contributed by atoms with E-state index in [9.17, 15) is 5.11 Å². The van der Waals surface area contributed by atoms with Crippen molar-refractivity contribution in [2.45, 2.75) is 32.3 Å². The van der Waals surface area contributed by atoms with E-state index in [1.54, 1.807) is 7.11 Å². The highest BCUT2D eigenvalue weighted by Crippen LogP contribution is 2.29. The maximum absolute atomic E-state index is 10.4. The molecule has 108 valence electrons. The first-order valence-electron chi connectivity index (χ1n) is 6.47. The second-order valence-corrected chi connectivity index (χ2v) is 6.15. The summed E-state index contributed by atoms with van der Waals surface area (Å²) in [5, 5.41) is 14.5. The summed E-state index contributed by atoms with van der Waals surface area (Å²) in [7, 11) is 1.63. The number of aliphatic hydroxyl groups excluding tert-OH is 1. The minimum atomic E-state index is -0.583. The molecule has 0 aliphatic heterocycles. The molecule has 2 aromatic rings. The van der Waals surface area contributed by atoms with Gasteiger partial charge in [0.25, 0.3) is 0 Å². The number of halogens is 1. The second-order valence-electron chi connectivity index (χ2n) is 4.51. The Morgan fingerprint density at radius 1 is 1.45 bits per heavy atom. The minimum Gasteiger partial charge on any atom is -0.497 e. The Hall–Kier alpha value is -0.980. The normalized spacial score (nSPS) is 12.4. The molecule has 6 heteroatoms. The molecule has 20 heavy (non-hydrogen) atoms. The molecule has 1 aromatic heterocycles. The molecule has 2 rings (SSSR count). The summed E-state index contributed by atoms with van der Waals surface area (Å²) in [5.41, 5.74) is 1.91. The molecule has 4 nitrogen and oxygen atoms in total. The average Bonchev–Trinajstić information content (AvgIpc) is 2.90. The van der Waals surface area contributed by atoms with Crippen molar-refractivity contribution in [1.29, 1.82) is 0 Å². The molecular formula is C14H17BrN2O2S. The number of hydrogen-bond donors (Lipinski definition) is 1. The molecule has 1 aromatic carbocycles. The standard InChI is InChI=1S/C14H17BrN2O2S/c1-3-4-12-14(20-17-16-12)13(18)8-9-7-10(19-2)5-6-11(9)15/h5-7,13,18H,3-4,8H2,1-2H3. The van der Waals surface area contributed by atoms with Gasteiger partial charge in [-0.3, -0.25) is 0 Å². The zero-order valence-corrected chi connectivity index (χ0v) is 13.9. The summed E-state index contributed by atoms with van der Waals surface area (Å²) in [5.74, 6) is 0.784. The molecule has 0 spiro atoms. The van der Waals surface area contributed by atoms with Crippen molar-refractivity contribution >= 4 is 27.5 Å². The van der Waals surface area contributed by atoms with Crippen LogP contribution in [0, 0.1) is 0 Å². The summed E-state index contributed by atoms with van der Waals surface area (Å²) in [6.07, 6.45) is 1.77. The number of aromatic nitrogens is 2. The van der Waals surface area contributed by atoms with Gasteiger partial charge in [-0.1, -0.05) is 33.8 Å². The first-order valence-corrected chi connectivity index (χ1v) is 8.04. The Morgan fingerprint density at radius 3 is 2.95 bits per heavy atom. The van der Waals surface area contributed by atoms with Gasteiger partial charge in [-0.15, -0.1) is 5.10 Å². The van der Waals surface area contributed by atoms with Crippen LogP contribution in [0.4, 0.5) is 0 Å². The van der Waals surface area contributed by atoms with Crippen LogP contribution < -0.4 is 4.74 Å². The molecule has 0 saturated carbocycles. The molecule has 0 radical (unpaired) electrons. The van der Waals surface area contributed by atoms with Gasteiger partial charge >= 0.3 is 0 Å². The number of ether oxygens (including phenoxy) is 1. The Balaban J connectivity index is 2.18. The Kier molecular flexibility index (Phi) is 5.51. The predicted octanol–water partition coefficient (Wildman–Crippen LogP) is 3.54. The van der Waals surface area contributed by atoms with Gasteiger partial charge in [0.15, 0.2) is 0 Å². The molecular weight excluding hydrogens is 340 g/mol. The van der Waals surface area contributed by atoms with E-state index in [4.69, 9.17) is 4.74 Å². The average molecular weight is 357 g/mol. The topological polar surface area (TPSA) is 55.2 Å². The van der Waals surface area contributed by atoms with Gasteiger partial charge in [0.1, 0.15) is 5.75 Å². The fraction of sp³-hybridized carbons (Fsp3) is 0.429. The Morgan fingerprint density at radius 2 is 2.25 bits per heavy atom. The number of nitrogens with zero attached hydrogens (tertiary/aromatic N) is 2. The zero-order chi connectivity index (χ0) is 14.5. The van der Waals surface area contributed by atoms with E-state index in [-0.39, 0.29) is 0 Å². The van der Waals surface area contributed by atoms with Crippen LogP contribution in [0.15, 0.2) is 22.7 Å². The van der Waals surface area contributed by atoms with Crippen LogP contribution >= 0.6 is 27.5 Å². The summed E-state index contributed by atoms with van der Waals surface area (Å²) >= 11 is 4.78. The van der Waals surface area contributed by atoms with Crippen LogP contribution in [0.25, 0.3) is 0 Å². The van der Waals surface area contributed by atoms with Crippen molar-refractivity contribution in [2.75, 3.05) is 7.11 Å². The minimum absolute atomic E-state index is 0.512. The van der Waals surface area contributed by atoms with Crippen LogP contribution in [0.5, 0.6) is 5.75 Å². The van der Waals surface area contributed by atoms with E-state index in [1.165, 1.54) is 11.5 Å². The van der Waals surface area contributed by atoms with Gasteiger partial charge in [0, 0.05) is 10.9 Å². The largest absolute Gasteiger partial charge is 0.497 e. The second kappa shape index (κ2) is 7.15. The number of rotatable bonds is 6. The molecule has 0 amide bonds. The van der Waals surface area contributed by atoms with Crippen LogP contribution in [0.3, 0.4) is 0 Å². The molecule has 0 aliphatic rings. The van der Waals surface area contributed by atoms with Crippen LogP contribution in [0.2, 0.25) is 0 Å². The summed E-state index contributed by atoms with van der Waals surface area (Å²) in [4.78, 5) is 0.863. The number of aliphatic hydroxyl groups is 1. The van der Waals surface area contributed by atoms with Crippen molar-refractivity contribution in [1.82, 2.24) is 9.59 Å². The van der Waals surface area contributed by atoms with Gasteiger partial charge in [-0.05, 0) is 41.7 Å². The molecule has 0 saturated heterocycles. The number of hydrogen-bond acceptors (Lipinski definition) is 5. The number of benzene rings is 1. The van der Waals surface area contributed by atoms with E-state index in [0.29, 0.717) is 6.42 Å². The van der Waals surface area contributed by atoms with Crippen molar-refractivity contribution in [3.63, 3.8) is 0 Å². The molecule has 0 fully saturated rings. The lowest BCUT2D eigenvalue weighted by Crippen LogP contribution is -2.04. The van der Waals surface area contributed by atoms with Crippen molar-refractivity contribution in [3.8, 4) is 5.75 Å². The fourth-order valence-electron chi connectivity index (χ4n) is 2.01. The molecule has 1 atom stereocenters. The van der Waals surface area contributed by atoms with Crippen molar-refractivity contribution in [3.05, 3.63) is 38.8 Å². The fourth-order valence-corrected chi connectivity index (χ4v) is 3.10. The van der Waals surface area contributed by atoms with Crippen molar-refractivity contribution < 1.29 is 9.84 Å². The van der Waals surface area contributed by atoms with Gasteiger partial charge < -0.3 is 9.84 Å². The van der Waals surface area contributed by atoms with Crippen LogP contribution in [0.1, 0.15) is 35.6 Å². The number of aryl methyl sites for hydroxylation is 1. The SMILES string of the molecule is CCCc1nnsc1C(O)Cc1cc(OC)ccc1Br. The summed E-state index contributed by atoms with van der Waals surface area (Å²) in [6.45, 7) is 2.09. The third-order valence-electron chi connectivity index (χ3n) is 3.04. The van der Waals surface area contributed by atoms with Gasteiger partial charge in [0.2, 0.25) is 0 Å². The van der Waals surface area contributed by atoms with Crippen LogP contribution in [-0.2, 0) is 12.8 Å². The molecule has 1 N–H and O–H groups in total. The molecule has 0 aliphatic carbocycles. The van der Waals surface area contributed by atoms with Gasteiger partial charge in [-0.25, -0.2) is 0 Å². The molecule has 1 unspecified atom stereocenters. The maximum atomic E-state index is 10.4. The van der Waals surface area contributed by atoms with Crippen molar-refractivity contribution in [2.24, 2.45) is 0 Å². The maximum Gasteiger partial charge on any atom is 0.119 e. The lowest BCUT2D eigenvalue weighted by Gasteiger charge is -2.12. The van der Waals surface area contributed by atoms with Crippen LogP contribution in [-0.4, -0.2) is 21.8 Å². The molecule has 0 bridgehead atoms. The highest BCUT2D eigenvalue weighted by atomic mass is 79.9. The lowest BCUT2D eigenvalue weighted by molar-refractivity contribution is 0.180. The lowest BCUT2D eigenvalue weighted by atomic mass is 10.0. The third-order valence-corrected chi connectivity index (χ3v) is 4.68.